The molecule has 2 fully saturated rings. The molecule has 1 aromatic rings. The molecule has 1 saturated heterocycles. The van der Waals surface area contributed by atoms with Crippen LogP contribution in [0.3, 0.4) is 0 Å². The Balaban J connectivity index is 1.74. The van der Waals surface area contributed by atoms with E-state index in [-0.39, 0.29) is 0 Å². The molecule has 1 unspecified atom stereocenters. The van der Waals surface area contributed by atoms with Crippen molar-refractivity contribution in [2.45, 2.75) is 50.5 Å². The van der Waals surface area contributed by atoms with Crippen molar-refractivity contribution in [1.29, 1.82) is 0 Å². The average Bonchev–Trinajstić information content (AvgIpc) is 2.38. The molecule has 0 aromatic carbocycles. The fourth-order valence-corrected chi connectivity index (χ4v) is 2.94. The fraction of sp³-hybridized carbons (Fsp3) is 0.714. The molecular weight excluding hydrogens is 224 g/mol. The molecule has 1 aliphatic carbocycles. The van der Waals surface area contributed by atoms with Gasteiger partial charge in [0, 0.05) is 31.5 Å². The van der Waals surface area contributed by atoms with Crippen LogP contribution in [0, 0.1) is 0 Å². The standard InChI is InChI=1S/C14H22N4/c15-8-13-6-1-2-7-18(13)14-16-9-12(10-17-14)11-4-3-5-11/h9-11,13H,1-8,15H2. The molecule has 18 heavy (non-hydrogen) atoms. The summed E-state index contributed by atoms with van der Waals surface area (Å²) >= 11 is 0. The number of nitrogens with zero attached hydrogens (tertiary/aromatic N) is 3. The van der Waals surface area contributed by atoms with Crippen molar-refractivity contribution in [3.8, 4) is 0 Å². The fourth-order valence-electron chi connectivity index (χ4n) is 2.94. The van der Waals surface area contributed by atoms with Crippen molar-refractivity contribution in [2.24, 2.45) is 5.73 Å². The van der Waals surface area contributed by atoms with E-state index in [1.165, 1.54) is 44.1 Å². The van der Waals surface area contributed by atoms with Gasteiger partial charge in [0.05, 0.1) is 0 Å². The highest BCUT2D eigenvalue weighted by molar-refractivity contribution is 5.33. The monoisotopic (exact) mass is 246 g/mol. The highest BCUT2D eigenvalue weighted by atomic mass is 15.3. The Labute approximate surface area is 109 Å². The summed E-state index contributed by atoms with van der Waals surface area (Å²) in [5.74, 6) is 1.58. The maximum absolute atomic E-state index is 5.84. The van der Waals surface area contributed by atoms with Crippen LogP contribution in [0.25, 0.3) is 0 Å². The maximum atomic E-state index is 5.84. The Hall–Kier alpha value is -1.16. The molecule has 0 amide bonds. The largest absolute Gasteiger partial charge is 0.337 e. The van der Waals surface area contributed by atoms with Gasteiger partial charge in [-0.25, -0.2) is 9.97 Å². The topological polar surface area (TPSA) is 55.0 Å². The Bertz CT molecular complexity index is 385. The lowest BCUT2D eigenvalue weighted by Gasteiger charge is -2.35. The quantitative estimate of drug-likeness (QED) is 0.887. The molecule has 3 rings (SSSR count). The van der Waals surface area contributed by atoms with Crippen LogP contribution in [0.4, 0.5) is 5.95 Å². The molecule has 1 saturated carbocycles. The summed E-state index contributed by atoms with van der Waals surface area (Å²) < 4.78 is 0. The summed E-state index contributed by atoms with van der Waals surface area (Å²) in [4.78, 5) is 11.4. The van der Waals surface area contributed by atoms with Gasteiger partial charge >= 0.3 is 0 Å². The molecule has 1 aromatic heterocycles. The van der Waals surface area contributed by atoms with Gasteiger partial charge in [0.25, 0.3) is 0 Å². The Kier molecular flexibility index (Phi) is 3.46. The van der Waals surface area contributed by atoms with Gasteiger partial charge in [-0.05, 0) is 43.6 Å². The first-order valence-corrected chi connectivity index (χ1v) is 7.17. The number of rotatable bonds is 3. The van der Waals surface area contributed by atoms with E-state index in [1.54, 1.807) is 0 Å². The van der Waals surface area contributed by atoms with Crippen LogP contribution in [0.5, 0.6) is 0 Å². The van der Waals surface area contributed by atoms with Gasteiger partial charge in [0.2, 0.25) is 5.95 Å². The zero-order valence-electron chi connectivity index (χ0n) is 10.9. The lowest BCUT2D eigenvalue weighted by atomic mass is 9.81. The van der Waals surface area contributed by atoms with Gasteiger partial charge in [-0.3, -0.25) is 0 Å². The zero-order chi connectivity index (χ0) is 12.4. The van der Waals surface area contributed by atoms with E-state index in [1.807, 2.05) is 12.4 Å². The molecule has 4 heteroatoms. The third kappa shape index (κ3) is 2.21. The van der Waals surface area contributed by atoms with Crippen molar-refractivity contribution >= 4 is 5.95 Å². The summed E-state index contributed by atoms with van der Waals surface area (Å²) in [6, 6.07) is 0.424. The van der Waals surface area contributed by atoms with Crippen LogP contribution in [-0.2, 0) is 0 Å². The number of piperidine rings is 1. The van der Waals surface area contributed by atoms with Crippen LogP contribution < -0.4 is 10.6 Å². The van der Waals surface area contributed by atoms with E-state index < -0.39 is 0 Å². The van der Waals surface area contributed by atoms with Gasteiger partial charge in [-0.2, -0.15) is 0 Å². The summed E-state index contributed by atoms with van der Waals surface area (Å²) in [5, 5.41) is 0. The molecule has 1 atom stereocenters. The predicted molar refractivity (Wildman–Crippen MR) is 72.7 cm³/mol. The lowest BCUT2D eigenvalue weighted by Crippen LogP contribution is -2.45. The SMILES string of the molecule is NCC1CCCCN1c1ncc(C2CCC2)cn1. The molecule has 4 nitrogen and oxygen atoms in total. The highest BCUT2D eigenvalue weighted by Crippen LogP contribution is 2.35. The van der Waals surface area contributed by atoms with Crippen LogP contribution in [0.1, 0.15) is 50.0 Å². The van der Waals surface area contributed by atoms with Crippen molar-refractivity contribution in [3.05, 3.63) is 18.0 Å². The molecule has 2 aliphatic rings. The first-order chi connectivity index (χ1) is 8.88. The van der Waals surface area contributed by atoms with Gasteiger partial charge in [-0.15, -0.1) is 0 Å². The second kappa shape index (κ2) is 5.22. The van der Waals surface area contributed by atoms with Crippen LogP contribution in [0.2, 0.25) is 0 Å². The van der Waals surface area contributed by atoms with Crippen molar-refractivity contribution < 1.29 is 0 Å². The summed E-state index contributed by atoms with van der Waals surface area (Å²) in [7, 11) is 0. The van der Waals surface area contributed by atoms with E-state index in [2.05, 4.69) is 14.9 Å². The predicted octanol–water partition coefficient (Wildman–Crippen LogP) is 2.06. The Morgan fingerprint density at radius 3 is 2.50 bits per heavy atom. The minimum atomic E-state index is 0.424. The van der Waals surface area contributed by atoms with Crippen molar-refractivity contribution in [1.82, 2.24) is 9.97 Å². The minimum absolute atomic E-state index is 0.424. The van der Waals surface area contributed by atoms with Crippen molar-refractivity contribution in [3.63, 3.8) is 0 Å². The summed E-state index contributed by atoms with van der Waals surface area (Å²) in [6.07, 6.45) is 11.7. The summed E-state index contributed by atoms with van der Waals surface area (Å²) in [5.41, 5.74) is 7.15. The number of nitrogens with two attached hydrogens (primary N) is 1. The number of anilines is 1. The maximum Gasteiger partial charge on any atom is 0.225 e. The van der Waals surface area contributed by atoms with Gasteiger partial charge in [0.1, 0.15) is 0 Å². The summed E-state index contributed by atoms with van der Waals surface area (Å²) in [6.45, 7) is 1.75. The van der Waals surface area contributed by atoms with Gasteiger partial charge < -0.3 is 10.6 Å². The molecular formula is C14H22N4. The second-order valence-corrected chi connectivity index (χ2v) is 5.52. The Morgan fingerprint density at radius 2 is 1.89 bits per heavy atom. The lowest BCUT2D eigenvalue weighted by molar-refractivity contribution is 0.417. The van der Waals surface area contributed by atoms with Crippen LogP contribution >= 0.6 is 0 Å². The minimum Gasteiger partial charge on any atom is -0.337 e. The molecule has 0 bridgehead atoms. The first-order valence-electron chi connectivity index (χ1n) is 7.17. The Morgan fingerprint density at radius 1 is 1.11 bits per heavy atom. The van der Waals surface area contributed by atoms with E-state index in [9.17, 15) is 0 Å². The normalized spacial score (nSPS) is 24.9. The molecule has 98 valence electrons. The van der Waals surface area contributed by atoms with E-state index in [4.69, 9.17) is 5.73 Å². The van der Waals surface area contributed by atoms with Gasteiger partial charge in [0.15, 0.2) is 0 Å². The number of hydrogen-bond donors (Lipinski definition) is 1. The number of hydrogen-bond acceptors (Lipinski definition) is 4. The van der Waals surface area contributed by atoms with Crippen molar-refractivity contribution in [2.75, 3.05) is 18.0 Å². The van der Waals surface area contributed by atoms with Crippen LogP contribution in [0.15, 0.2) is 12.4 Å². The molecule has 1 aliphatic heterocycles. The number of aromatic nitrogens is 2. The highest BCUT2D eigenvalue weighted by Gasteiger charge is 2.24. The zero-order valence-corrected chi connectivity index (χ0v) is 10.9. The molecule has 0 spiro atoms. The molecule has 0 radical (unpaired) electrons. The van der Waals surface area contributed by atoms with Gasteiger partial charge in [-0.1, -0.05) is 6.42 Å². The third-order valence-corrected chi connectivity index (χ3v) is 4.39. The average molecular weight is 246 g/mol. The molecule has 2 N–H and O–H groups in total. The smallest absolute Gasteiger partial charge is 0.225 e. The second-order valence-electron chi connectivity index (χ2n) is 5.52. The third-order valence-electron chi connectivity index (χ3n) is 4.39. The first kappa shape index (κ1) is 11.9. The molecule has 2 heterocycles. The van der Waals surface area contributed by atoms with E-state index in [0.717, 1.165) is 12.5 Å². The van der Waals surface area contributed by atoms with E-state index in [0.29, 0.717) is 18.5 Å². The van der Waals surface area contributed by atoms with Crippen LogP contribution in [-0.4, -0.2) is 29.1 Å². The van der Waals surface area contributed by atoms with E-state index >= 15 is 0 Å².